The van der Waals surface area contributed by atoms with Crippen molar-refractivity contribution in [3.63, 3.8) is 0 Å². The first-order valence-electron chi connectivity index (χ1n) is 10.4. The highest BCUT2D eigenvalue weighted by molar-refractivity contribution is 7.76. The van der Waals surface area contributed by atoms with E-state index in [2.05, 4.69) is 0 Å². The minimum absolute atomic E-state index is 0.0458. The largest absolute Gasteiger partial charge is 0.460 e. The van der Waals surface area contributed by atoms with Crippen LogP contribution in [0, 0.1) is 0 Å². The van der Waals surface area contributed by atoms with Crippen molar-refractivity contribution in [2.24, 2.45) is 0 Å². The Hall–Kier alpha value is -0.480. The Balaban J connectivity index is 6.46. The van der Waals surface area contributed by atoms with Crippen molar-refractivity contribution in [3.8, 4) is 0 Å². The van der Waals surface area contributed by atoms with Crippen molar-refractivity contribution in [1.82, 2.24) is 0 Å². The molecule has 0 atom stereocenters. The summed E-state index contributed by atoms with van der Waals surface area (Å²) in [4.78, 5) is 0. The lowest BCUT2D eigenvalue weighted by Gasteiger charge is -2.41. The third-order valence-corrected chi connectivity index (χ3v) is 10.4. The van der Waals surface area contributed by atoms with E-state index in [1.807, 2.05) is 0 Å². The third-order valence-electron chi connectivity index (χ3n) is 5.49. The molecular formula is C19H29F13P+. The van der Waals surface area contributed by atoms with Crippen LogP contribution in [-0.2, 0) is 0 Å². The molecule has 0 unspecified atom stereocenters. The van der Waals surface area contributed by atoms with Gasteiger partial charge in [-0.2, -0.15) is 57.1 Å². The number of alkyl halides is 13. The number of rotatable bonds is 15. The molecule has 0 aromatic carbocycles. The number of halogens is 13. The standard InChI is InChI=1S/C19H29F13P/c1-4-7-10-33(11-8-5-2,12-9-6-3)13-14(20,21)15(22,23)16(24,25)17(26,27)18(28,29)19(30,31)32/h4-13H2,1-3H3/q+1. The summed E-state index contributed by atoms with van der Waals surface area (Å²) >= 11 is 0. The van der Waals surface area contributed by atoms with Crippen molar-refractivity contribution in [2.45, 2.75) is 95.1 Å². The lowest BCUT2D eigenvalue weighted by molar-refractivity contribution is -0.438. The molecule has 0 rings (SSSR count). The molecule has 0 nitrogen and oxygen atoms in total. The fourth-order valence-corrected chi connectivity index (χ4v) is 8.52. The first-order valence-corrected chi connectivity index (χ1v) is 13.0. The topological polar surface area (TPSA) is 0 Å². The zero-order valence-corrected chi connectivity index (χ0v) is 19.3. The van der Waals surface area contributed by atoms with Crippen molar-refractivity contribution < 1.29 is 57.1 Å². The highest BCUT2D eigenvalue weighted by Crippen LogP contribution is 2.67. The third kappa shape index (κ3) is 6.40. The van der Waals surface area contributed by atoms with Gasteiger partial charge in [0.25, 0.3) is 0 Å². The van der Waals surface area contributed by atoms with Crippen molar-refractivity contribution in [2.75, 3.05) is 24.6 Å². The zero-order chi connectivity index (χ0) is 26.6. The average Bonchev–Trinajstić information content (AvgIpc) is 2.67. The molecule has 0 saturated heterocycles. The van der Waals surface area contributed by atoms with Crippen LogP contribution in [0.2, 0.25) is 0 Å². The Morgan fingerprint density at radius 1 is 0.455 bits per heavy atom. The van der Waals surface area contributed by atoms with Crippen LogP contribution in [0.4, 0.5) is 57.1 Å². The zero-order valence-electron chi connectivity index (χ0n) is 18.4. The van der Waals surface area contributed by atoms with Crippen molar-refractivity contribution >= 4 is 7.26 Å². The summed E-state index contributed by atoms with van der Waals surface area (Å²) in [5, 5.41) is 0. The molecule has 0 aliphatic heterocycles. The van der Waals surface area contributed by atoms with Crippen LogP contribution in [0.1, 0.15) is 59.3 Å². The summed E-state index contributed by atoms with van der Waals surface area (Å²) in [5.41, 5.74) is 0. The van der Waals surface area contributed by atoms with Gasteiger partial charge in [0, 0.05) is 7.26 Å². The molecular weight excluding hydrogens is 506 g/mol. The minimum atomic E-state index is -7.83. The van der Waals surface area contributed by atoms with E-state index < -0.39 is 49.2 Å². The summed E-state index contributed by atoms with van der Waals surface area (Å²) in [6.07, 6.45) is -7.44. The summed E-state index contributed by atoms with van der Waals surface area (Å²) < 4.78 is 175. The maximum absolute atomic E-state index is 14.6. The lowest BCUT2D eigenvalue weighted by Crippen LogP contribution is -2.70. The van der Waals surface area contributed by atoms with Crippen LogP contribution in [0.5, 0.6) is 0 Å². The van der Waals surface area contributed by atoms with E-state index in [4.69, 9.17) is 0 Å². The predicted octanol–water partition coefficient (Wildman–Crippen LogP) is 9.14. The first kappa shape index (κ1) is 32.5. The van der Waals surface area contributed by atoms with Gasteiger partial charge < -0.3 is 0 Å². The van der Waals surface area contributed by atoms with E-state index in [9.17, 15) is 57.1 Å². The lowest BCUT2D eigenvalue weighted by atomic mass is 9.94. The maximum atomic E-state index is 14.6. The molecule has 0 fully saturated rings. The molecule has 200 valence electrons. The van der Waals surface area contributed by atoms with Crippen molar-refractivity contribution in [3.05, 3.63) is 0 Å². The van der Waals surface area contributed by atoms with Gasteiger partial charge >= 0.3 is 35.8 Å². The van der Waals surface area contributed by atoms with E-state index in [-0.39, 0.29) is 37.7 Å². The van der Waals surface area contributed by atoms with Gasteiger partial charge in [-0.05, 0) is 19.3 Å². The fraction of sp³-hybridized carbons (Fsp3) is 1.00. The normalized spacial score (nSPS) is 15.3. The van der Waals surface area contributed by atoms with Gasteiger partial charge in [0.15, 0.2) is 0 Å². The summed E-state index contributed by atoms with van der Waals surface area (Å²) in [6, 6.07) is 0. The van der Waals surface area contributed by atoms with E-state index in [1.54, 1.807) is 20.8 Å². The molecule has 0 N–H and O–H groups in total. The minimum Gasteiger partial charge on any atom is -0.195 e. The molecule has 0 aliphatic rings. The molecule has 0 aromatic rings. The molecule has 0 heterocycles. The van der Waals surface area contributed by atoms with Crippen LogP contribution in [-0.4, -0.2) is 60.4 Å². The second kappa shape index (κ2) is 11.1. The van der Waals surface area contributed by atoms with E-state index in [0.717, 1.165) is 0 Å². The molecule has 0 aromatic heterocycles. The van der Waals surface area contributed by atoms with E-state index in [1.165, 1.54) is 0 Å². The van der Waals surface area contributed by atoms with Gasteiger partial charge in [0.1, 0.15) is 6.16 Å². The Morgan fingerprint density at radius 2 is 0.758 bits per heavy atom. The highest BCUT2D eigenvalue weighted by Gasteiger charge is 2.91. The molecule has 0 bridgehead atoms. The molecule has 33 heavy (non-hydrogen) atoms. The molecule has 0 radical (unpaired) electrons. The van der Waals surface area contributed by atoms with E-state index in [0.29, 0.717) is 19.3 Å². The van der Waals surface area contributed by atoms with Crippen LogP contribution in [0.3, 0.4) is 0 Å². The Kier molecular flexibility index (Phi) is 10.9. The number of hydrogen-bond acceptors (Lipinski definition) is 0. The van der Waals surface area contributed by atoms with Gasteiger partial charge in [-0.25, -0.2) is 0 Å². The Morgan fingerprint density at radius 3 is 1.03 bits per heavy atom. The van der Waals surface area contributed by atoms with E-state index >= 15 is 0 Å². The van der Waals surface area contributed by atoms with Gasteiger partial charge in [0.05, 0.1) is 18.5 Å². The average molecular weight is 535 g/mol. The quantitative estimate of drug-likeness (QED) is 0.145. The second-order valence-corrected chi connectivity index (χ2v) is 12.6. The van der Waals surface area contributed by atoms with Gasteiger partial charge in [-0.1, -0.05) is 40.0 Å². The summed E-state index contributed by atoms with van der Waals surface area (Å²) in [7, 11) is -3.18. The summed E-state index contributed by atoms with van der Waals surface area (Å²) in [5.74, 6) is -36.3. The molecule has 14 heteroatoms. The SMILES string of the molecule is CCCC[P+](CCCC)(CCCC)CC(F)(F)C(F)(F)C(F)(F)C(F)(F)C(F)(F)C(F)(F)F. The van der Waals surface area contributed by atoms with Gasteiger partial charge in [-0.15, -0.1) is 0 Å². The maximum Gasteiger partial charge on any atom is 0.460 e. The molecule has 0 aliphatic carbocycles. The molecule has 0 amide bonds. The Bertz CT molecular complexity index is 577. The van der Waals surface area contributed by atoms with Crippen LogP contribution < -0.4 is 0 Å². The van der Waals surface area contributed by atoms with Gasteiger partial charge in [0.2, 0.25) is 0 Å². The second-order valence-electron chi connectivity index (χ2n) is 8.23. The van der Waals surface area contributed by atoms with Gasteiger partial charge in [-0.3, -0.25) is 0 Å². The first-order chi connectivity index (χ1) is 14.6. The monoisotopic (exact) mass is 535 g/mol. The number of hydrogen-bond donors (Lipinski definition) is 0. The highest BCUT2D eigenvalue weighted by atomic mass is 31.2. The van der Waals surface area contributed by atoms with Crippen LogP contribution >= 0.6 is 7.26 Å². The van der Waals surface area contributed by atoms with Crippen LogP contribution in [0.25, 0.3) is 0 Å². The Labute approximate surface area is 185 Å². The number of unbranched alkanes of at least 4 members (excludes halogenated alkanes) is 3. The fourth-order valence-electron chi connectivity index (χ4n) is 3.38. The molecule has 0 spiro atoms. The summed E-state index contributed by atoms with van der Waals surface area (Å²) in [6.45, 7) is 4.94. The van der Waals surface area contributed by atoms with Crippen LogP contribution in [0.15, 0.2) is 0 Å². The van der Waals surface area contributed by atoms with Crippen molar-refractivity contribution in [1.29, 1.82) is 0 Å². The smallest absolute Gasteiger partial charge is 0.195 e. The molecule has 0 saturated carbocycles. The predicted molar refractivity (Wildman–Crippen MR) is 102 cm³/mol.